The molecule has 0 unspecified atom stereocenters. The number of halogens is 2. The fraction of sp³-hybridized carbons (Fsp3) is 0.133. The first-order chi connectivity index (χ1) is 9.17. The van der Waals surface area contributed by atoms with Gasteiger partial charge in [-0.1, -0.05) is 28.9 Å². The number of rotatable bonds is 2. The summed E-state index contributed by atoms with van der Waals surface area (Å²) >= 11 is 3.23. The van der Waals surface area contributed by atoms with Crippen LogP contribution in [0, 0.1) is 5.82 Å². The van der Waals surface area contributed by atoms with Crippen molar-refractivity contribution in [2.45, 2.75) is 13.3 Å². The van der Waals surface area contributed by atoms with Crippen LogP contribution < -0.4 is 0 Å². The van der Waals surface area contributed by atoms with Gasteiger partial charge in [0.1, 0.15) is 11.3 Å². The zero-order chi connectivity index (χ0) is 13.4. The second-order valence-corrected chi connectivity index (χ2v) is 5.21. The van der Waals surface area contributed by atoms with E-state index in [1.165, 1.54) is 11.6 Å². The van der Waals surface area contributed by atoms with Crippen LogP contribution in [-0.2, 0) is 6.42 Å². The lowest BCUT2D eigenvalue weighted by Crippen LogP contribution is -1.84. The molecule has 3 rings (SSSR count). The van der Waals surface area contributed by atoms with Crippen molar-refractivity contribution in [1.29, 1.82) is 0 Å². The smallest absolute Gasteiger partial charge is 0.230 e. The molecule has 0 saturated heterocycles. The Morgan fingerprint density at radius 2 is 2.05 bits per heavy atom. The number of aryl methyl sites for hydroxylation is 1. The molecule has 1 heterocycles. The van der Waals surface area contributed by atoms with Crippen LogP contribution >= 0.6 is 15.9 Å². The molecular formula is C15H11BrFNO. The number of oxazole rings is 1. The van der Waals surface area contributed by atoms with E-state index in [2.05, 4.69) is 27.8 Å². The Morgan fingerprint density at radius 1 is 1.21 bits per heavy atom. The van der Waals surface area contributed by atoms with Crippen molar-refractivity contribution in [1.82, 2.24) is 4.98 Å². The van der Waals surface area contributed by atoms with E-state index < -0.39 is 0 Å². The summed E-state index contributed by atoms with van der Waals surface area (Å²) in [4.78, 5) is 4.36. The maximum Gasteiger partial charge on any atom is 0.230 e. The Morgan fingerprint density at radius 3 is 2.79 bits per heavy atom. The molecule has 0 N–H and O–H groups in total. The van der Waals surface area contributed by atoms with Gasteiger partial charge < -0.3 is 4.42 Å². The fourth-order valence-corrected chi connectivity index (χ4v) is 2.30. The average Bonchev–Trinajstić information content (AvgIpc) is 2.80. The predicted octanol–water partition coefficient (Wildman–Crippen LogP) is 4.96. The molecule has 2 nitrogen and oxygen atoms in total. The van der Waals surface area contributed by atoms with Gasteiger partial charge in [-0.3, -0.25) is 0 Å². The van der Waals surface area contributed by atoms with Gasteiger partial charge in [0.2, 0.25) is 5.89 Å². The summed E-state index contributed by atoms with van der Waals surface area (Å²) in [5.41, 5.74) is 2.99. The van der Waals surface area contributed by atoms with Crippen LogP contribution in [0.2, 0.25) is 0 Å². The topological polar surface area (TPSA) is 26.0 Å². The monoisotopic (exact) mass is 319 g/mol. The molecule has 0 aliphatic carbocycles. The Bertz CT molecular complexity index is 751. The maximum atomic E-state index is 13.9. The highest BCUT2D eigenvalue weighted by Gasteiger charge is 2.13. The lowest BCUT2D eigenvalue weighted by molar-refractivity contribution is 0.593. The van der Waals surface area contributed by atoms with Crippen LogP contribution in [-0.4, -0.2) is 4.98 Å². The summed E-state index contributed by atoms with van der Waals surface area (Å²) in [6.07, 6.45) is 0.935. The van der Waals surface area contributed by atoms with Crippen molar-refractivity contribution in [3.8, 4) is 11.5 Å². The third kappa shape index (κ3) is 2.28. The highest BCUT2D eigenvalue weighted by molar-refractivity contribution is 9.10. The fourth-order valence-electron chi connectivity index (χ4n) is 1.97. The van der Waals surface area contributed by atoms with Crippen LogP contribution in [0.15, 0.2) is 45.3 Å². The van der Waals surface area contributed by atoms with E-state index in [-0.39, 0.29) is 5.82 Å². The molecule has 0 amide bonds. The van der Waals surface area contributed by atoms with Crippen molar-refractivity contribution in [2.75, 3.05) is 0 Å². The van der Waals surface area contributed by atoms with E-state index in [4.69, 9.17) is 4.42 Å². The highest BCUT2D eigenvalue weighted by Crippen LogP contribution is 2.28. The molecule has 2 aromatic carbocycles. The van der Waals surface area contributed by atoms with Gasteiger partial charge in [-0.2, -0.15) is 0 Å². The zero-order valence-electron chi connectivity index (χ0n) is 10.3. The second kappa shape index (κ2) is 4.78. The molecule has 0 saturated carbocycles. The van der Waals surface area contributed by atoms with E-state index in [0.717, 1.165) is 11.9 Å². The number of aromatic nitrogens is 1. The Hall–Kier alpha value is -1.68. The minimum atomic E-state index is -0.350. The zero-order valence-corrected chi connectivity index (χ0v) is 11.9. The molecule has 3 aromatic rings. The molecule has 0 aliphatic rings. The molecule has 0 spiro atoms. The SMILES string of the molecule is CCc1ccc2oc(-c3ccc(Br)cc3F)nc2c1. The highest BCUT2D eigenvalue weighted by atomic mass is 79.9. The van der Waals surface area contributed by atoms with E-state index in [9.17, 15) is 4.39 Å². The van der Waals surface area contributed by atoms with Gasteiger partial charge in [0.15, 0.2) is 5.58 Å². The first-order valence-corrected chi connectivity index (χ1v) is 6.81. The van der Waals surface area contributed by atoms with Crippen molar-refractivity contribution < 1.29 is 8.81 Å². The first-order valence-electron chi connectivity index (χ1n) is 6.02. The normalized spacial score (nSPS) is 11.1. The number of hydrogen-bond donors (Lipinski definition) is 0. The van der Waals surface area contributed by atoms with E-state index >= 15 is 0 Å². The van der Waals surface area contributed by atoms with Gasteiger partial charge in [0.25, 0.3) is 0 Å². The largest absolute Gasteiger partial charge is 0.436 e. The third-order valence-electron chi connectivity index (χ3n) is 3.02. The molecule has 0 atom stereocenters. The Labute approximate surface area is 118 Å². The predicted molar refractivity (Wildman–Crippen MR) is 76.5 cm³/mol. The molecule has 0 fully saturated rings. The average molecular weight is 320 g/mol. The van der Waals surface area contributed by atoms with Gasteiger partial charge in [0.05, 0.1) is 5.56 Å². The van der Waals surface area contributed by atoms with E-state index in [1.807, 2.05) is 18.2 Å². The number of hydrogen-bond acceptors (Lipinski definition) is 2. The molecule has 4 heteroatoms. The second-order valence-electron chi connectivity index (χ2n) is 4.30. The first kappa shape index (κ1) is 12.4. The molecule has 1 aromatic heterocycles. The van der Waals surface area contributed by atoms with Gasteiger partial charge in [-0.15, -0.1) is 0 Å². The van der Waals surface area contributed by atoms with Gasteiger partial charge in [0, 0.05) is 4.47 Å². The van der Waals surface area contributed by atoms with Crippen molar-refractivity contribution in [3.63, 3.8) is 0 Å². The maximum absolute atomic E-state index is 13.9. The van der Waals surface area contributed by atoms with Crippen LogP contribution in [0.5, 0.6) is 0 Å². The van der Waals surface area contributed by atoms with E-state index in [1.54, 1.807) is 12.1 Å². The van der Waals surface area contributed by atoms with Crippen molar-refractivity contribution >= 4 is 27.0 Å². The summed E-state index contributed by atoms with van der Waals surface area (Å²) in [7, 11) is 0. The standard InChI is InChI=1S/C15H11BrFNO/c1-2-9-3-6-14-13(7-9)18-15(19-14)11-5-4-10(16)8-12(11)17/h3-8H,2H2,1H3. The van der Waals surface area contributed by atoms with Crippen LogP contribution in [0.25, 0.3) is 22.6 Å². The molecular weight excluding hydrogens is 309 g/mol. The van der Waals surface area contributed by atoms with Crippen LogP contribution in [0.4, 0.5) is 4.39 Å². The summed E-state index contributed by atoms with van der Waals surface area (Å²) < 4.78 is 20.2. The molecule has 0 bridgehead atoms. The third-order valence-corrected chi connectivity index (χ3v) is 3.52. The lowest BCUT2D eigenvalue weighted by atomic mass is 10.1. The summed E-state index contributed by atoms with van der Waals surface area (Å²) in [6.45, 7) is 2.08. The molecule has 19 heavy (non-hydrogen) atoms. The van der Waals surface area contributed by atoms with Crippen LogP contribution in [0.3, 0.4) is 0 Å². The molecule has 96 valence electrons. The number of nitrogens with zero attached hydrogens (tertiary/aromatic N) is 1. The lowest BCUT2D eigenvalue weighted by Gasteiger charge is -1.97. The number of fused-ring (bicyclic) bond motifs is 1. The Kier molecular flexibility index (Phi) is 3.11. The van der Waals surface area contributed by atoms with E-state index in [0.29, 0.717) is 21.5 Å². The van der Waals surface area contributed by atoms with Gasteiger partial charge in [-0.05, 0) is 42.3 Å². The Balaban J connectivity index is 2.14. The minimum Gasteiger partial charge on any atom is -0.436 e. The van der Waals surface area contributed by atoms with Crippen LogP contribution in [0.1, 0.15) is 12.5 Å². The summed E-state index contributed by atoms with van der Waals surface area (Å²) in [5.74, 6) is -0.0371. The summed E-state index contributed by atoms with van der Waals surface area (Å²) in [5, 5.41) is 0. The molecule has 0 radical (unpaired) electrons. The quantitative estimate of drug-likeness (QED) is 0.667. The van der Waals surface area contributed by atoms with Gasteiger partial charge >= 0.3 is 0 Å². The van der Waals surface area contributed by atoms with Crippen molar-refractivity contribution in [3.05, 3.63) is 52.3 Å². The molecule has 0 aliphatic heterocycles. The number of benzene rings is 2. The van der Waals surface area contributed by atoms with Crippen molar-refractivity contribution in [2.24, 2.45) is 0 Å². The summed E-state index contributed by atoms with van der Waals surface area (Å²) in [6, 6.07) is 10.7. The van der Waals surface area contributed by atoms with Gasteiger partial charge in [-0.25, -0.2) is 9.37 Å². The minimum absolute atomic E-state index is 0.313.